The Morgan fingerprint density at radius 3 is 2.38 bits per heavy atom. The number of carbonyl (C=O) groups is 2. The second-order valence-electron chi connectivity index (χ2n) is 6.68. The van der Waals surface area contributed by atoms with Gasteiger partial charge in [0, 0.05) is 0 Å². The Hall–Kier alpha value is -2.04. The lowest BCUT2D eigenvalue weighted by atomic mass is 10.0. The summed E-state index contributed by atoms with van der Waals surface area (Å²) >= 11 is 0. The SMILES string of the molecule is CCOC(=O)[C@H](CCCCc1ccccc1)NC(=O)OC(C)(C)C. The predicted molar refractivity (Wildman–Crippen MR) is 93.8 cm³/mol. The van der Waals surface area contributed by atoms with Crippen molar-refractivity contribution in [2.45, 2.75) is 65.0 Å². The molecule has 0 radical (unpaired) electrons. The van der Waals surface area contributed by atoms with E-state index in [1.165, 1.54) is 5.56 Å². The average Bonchev–Trinajstić information content (AvgIpc) is 2.49. The van der Waals surface area contributed by atoms with Crippen molar-refractivity contribution in [3.8, 4) is 0 Å². The van der Waals surface area contributed by atoms with Crippen LogP contribution in [0.1, 0.15) is 52.5 Å². The molecule has 0 aliphatic rings. The number of unbranched alkanes of at least 4 members (excludes halogenated alkanes) is 1. The van der Waals surface area contributed by atoms with E-state index in [9.17, 15) is 9.59 Å². The standard InChI is InChI=1S/C19H29NO4/c1-5-23-17(21)16(20-18(22)24-19(2,3)4)14-10-9-13-15-11-7-6-8-12-15/h6-8,11-12,16H,5,9-10,13-14H2,1-4H3,(H,20,22)/t16-/m0/s1. The molecule has 5 nitrogen and oxygen atoms in total. The lowest BCUT2D eigenvalue weighted by Gasteiger charge is -2.22. The summed E-state index contributed by atoms with van der Waals surface area (Å²) in [7, 11) is 0. The number of ether oxygens (including phenoxy) is 2. The number of carbonyl (C=O) groups excluding carboxylic acids is 2. The Bertz CT molecular complexity index is 508. The molecule has 0 saturated heterocycles. The molecule has 0 heterocycles. The summed E-state index contributed by atoms with van der Waals surface area (Å²) in [4.78, 5) is 23.9. The van der Waals surface area contributed by atoms with Gasteiger partial charge in [-0.2, -0.15) is 0 Å². The summed E-state index contributed by atoms with van der Waals surface area (Å²) < 4.78 is 10.3. The molecular formula is C19H29NO4. The molecule has 1 atom stereocenters. The van der Waals surface area contributed by atoms with Crippen molar-refractivity contribution in [2.24, 2.45) is 0 Å². The number of hydrogen-bond acceptors (Lipinski definition) is 4. The van der Waals surface area contributed by atoms with Crippen molar-refractivity contribution >= 4 is 12.1 Å². The molecule has 1 aromatic rings. The van der Waals surface area contributed by atoms with Gasteiger partial charge < -0.3 is 14.8 Å². The molecule has 0 aliphatic heterocycles. The van der Waals surface area contributed by atoms with Crippen LogP contribution in [0.15, 0.2) is 30.3 Å². The lowest BCUT2D eigenvalue weighted by Crippen LogP contribution is -2.44. The summed E-state index contributed by atoms with van der Waals surface area (Å²) in [6, 6.07) is 9.52. The second-order valence-corrected chi connectivity index (χ2v) is 6.68. The Labute approximate surface area is 144 Å². The van der Waals surface area contributed by atoms with Crippen LogP contribution in [0.3, 0.4) is 0 Å². The number of benzene rings is 1. The highest BCUT2D eigenvalue weighted by atomic mass is 16.6. The molecule has 1 amide bonds. The van der Waals surface area contributed by atoms with Crippen LogP contribution >= 0.6 is 0 Å². The topological polar surface area (TPSA) is 64.6 Å². The number of aryl methyl sites for hydroxylation is 1. The van der Waals surface area contributed by atoms with E-state index in [2.05, 4.69) is 17.4 Å². The molecule has 1 N–H and O–H groups in total. The van der Waals surface area contributed by atoms with Crippen LogP contribution in [0.5, 0.6) is 0 Å². The first kappa shape index (κ1) is 20.0. The molecule has 0 aromatic heterocycles. The third-order valence-corrected chi connectivity index (χ3v) is 3.31. The smallest absolute Gasteiger partial charge is 0.408 e. The molecule has 134 valence electrons. The van der Waals surface area contributed by atoms with Gasteiger partial charge in [0.25, 0.3) is 0 Å². The highest BCUT2D eigenvalue weighted by Gasteiger charge is 2.24. The van der Waals surface area contributed by atoms with Gasteiger partial charge in [0.05, 0.1) is 6.61 Å². The molecule has 0 aliphatic carbocycles. The van der Waals surface area contributed by atoms with Gasteiger partial charge in [-0.05, 0) is 52.5 Å². The maximum absolute atomic E-state index is 12.0. The first-order valence-electron chi connectivity index (χ1n) is 8.52. The van der Waals surface area contributed by atoms with Crippen molar-refractivity contribution in [2.75, 3.05) is 6.61 Å². The van der Waals surface area contributed by atoms with Gasteiger partial charge in [-0.1, -0.05) is 36.8 Å². The summed E-state index contributed by atoms with van der Waals surface area (Å²) in [6.07, 6.45) is 2.64. The maximum atomic E-state index is 12.0. The predicted octanol–water partition coefficient (Wildman–Crippen LogP) is 3.86. The fourth-order valence-electron chi connectivity index (χ4n) is 2.26. The molecule has 1 aromatic carbocycles. The van der Waals surface area contributed by atoms with Gasteiger partial charge in [-0.25, -0.2) is 9.59 Å². The number of nitrogens with one attached hydrogen (secondary N) is 1. The zero-order valence-electron chi connectivity index (χ0n) is 15.1. The fourth-order valence-corrected chi connectivity index (χ4v) is 2.26. The summed E-state index contributed by atoms with van der Waals surface area (Å²) in [6.45, 7) is 7.39. The molecule has 0 unspecified atom stereocenters. The lowest BCUT2D eigenvalue weighted by molar-refractivity contribution is -0.145. The summed E-state index contributed by atoms with van der Waals surface area (Å²) in [5.74, 6) is -0.414. The first-order valence-corrected chi connectivity index (χ1v) is 8.52. The zero-order valence-corrected chi connectivity index (χ0v) is 15.1. The fraction of sp³-hybridized carbons (Fsp3) is 0.579. The third-order valence-electron chi connectivity index (χ3n) is 3.31. The Morgan fingerprint density at radius 2 is 1.79 bits per heavy atom. The van der Waals surface area contributed by atoms with E-state index in [1.807, 2.05) is 18.2 Å². The second kappa shape index (κ2) is 9.96. The molecule has 24 heavy (non-hydrogen) atoms. The Morgan fingerprint density at radius 1 is 1.12 bits per heavy atom. The van der Waals surface area contributed by atoms with Crippen LogP contribution in [0.4, 0.5) is 4.79 Å². The number of rotatable bonds is 8. The molecule has 0 saturated carbocycles. The normalized spacial score (nSPS) is 12.3. The van der Waals surface area contributed by atoms with Crippen molar-refractivity contribution in [3.05, 3.63) is 35.9 Å². The average molecular weight is 335 g/mol. The van der Waals surface area contributed by atoms with E-state index in [1.54, 1.807) is 27.7 Å². The summed E-state index contributed by atoms with van der Waals surface area (Å²) in [5, 5.41) is 2.62. The number of alkyl carbamates (subject to hydrolysis) is 1. The van der Waals surface area contributed by atoms with Gasteiger partial charge >= 0.3 is 12.1 Å². The minimum Gasteiger partial charge on any atom is -0.464 e. The Balaban J connectivity index is 2.47. The monoisotopic (exact) mass is 335 g/mol. The van der Waals surface area contributed by atoms with E-state index >= 15 is 0 Å². The van der Waals surface area contributed by atoms with Crippen LogP contribution in [-0.2, 0) is 20.7 Å². The number of esters is 1. The molecule has 1 rings (SSSR count). The molecule has 0 fully saturated rings. The van der Waals surface area contributed by atoms with Gasteiger partial charge in [-0.3, -0.25) is 0 Å². The third kappa shape index (κ3) is 8.56. The minimum atomic E-state index is -0.671. The van der Waals surface area contributed by atoms with Crippen molar-refractivity contribution in [1.82, 2.24) is 5.32 Å². The quantitative estimate of drug-likeness (QED) is 0.579. The van der Waals surface area contributed by atoms with Gasteiger partial charge in [-0.15, -0.1) is 0 Å². The molecule has 5 heteroatoms. The highest BCUT2D eigenvalue weighted by Crippen LogP contribution is 2.11. The van der Waals surface area contributed by atoms with E-state index in [4.69, 9.17) is 9.47 Å². The summed E-state index contributed by atoms with van der Waals surface area (Å²) in [5.41, 5.74) is 0.668. The minimum absolute atomic E-state index is 0.287. The van der Waals surface area contributed by atoms with Crippen LogP contribution in [0.2, 0.25) is 0 Å². The molecular weight excluding hydrogens is 306 g/mol. The van der Waals surface area contributed by atoms with Crippen molar-refractivity contribution in [1.29, 1.82) is 0 Å². The number of hydrogen-bond donors (Lipinski definition) is 1. The Kier molecular flexibility index (Phi) is 8.30. The maximum Gasteiger partial charge on any atom is 0.408 e. The van der Waals surface area contributed by atoms with Gasteiger partial charge in [0.1, 0.15) is 11.6 Å². The highest BCUT2D eigenvalue weighted by molar-refractivity contribution is 5.81. The van der Waals surface area contributed by atoms with E-state index in [0.29, 0.717) is 6.42 Å². The molecule has 0 bridgehead atoms. The van der Waals surface area contributed by atoms with Crippen LogP contribution in [0.25, 0.3) is 0 Å². The molecule has 0 spiro atoms. The van der Waals surface area contributed by atoms with Gasteiger partial charge in [0.2, 0.25) is 0 Å². The largest absolute Gasteiger partial charge is 0.464 e. The van der Waals surface area contributed by atoms with Crippen LogP contribution < -0.4 is 5.32 Å². The van der Waals surface area contributed by atoms with E-state index < -0.39 is 23.7 Å². The first-order chi connectivity index (χ1) is 11.3. The van der Waals surface area contributed by atoms with E-state index in [-0.39, 0.29) is 6.61 Å². The van der Waals surface area contributed by atoms with E-state index in [0.717, 1.165) is 19.3 Å². The zero-order chi connectivity index (χ0) is 18.0. The van der Waals surface area contributed by atoms with Crippen molar-refractivity contribution in [3.63, 3.8) is 0 Å². The van der Waals surface area contributed by atoms with Crippen molar-refractivity contribution < 1.29 is 19.1 Å². The van der Waals surface area contributed by atoms with Crippen LogP contribution in [-0.4, -0.2) is 30.3 Å². The van der Waals surface area contributed by atoms with Crippen LogP contribution in [0, 0.1) is 0 Å². The number of amides is 1. The van der Waals surface area contributed by atoms with Gasteiger partial charge in [0.15, 0.2) is 0 Å².